The summed E-state index contributed by atoms with van der Waals surface area (Å²) in [6.45, 7) is 1.58. The van der Waals surface area contributed by atoms with Crippen LogP contribution in [0.3, 0.4) is 0 Å². The van der Waals surface area contributed by atoms with Crippen molar-refractivity contribution < 1.29 is 18.3 Å². The molecule has 0 radical (unpaired) electrons. The molecule has 0 aromatic carbocycles. The van der Waals surface area contributed by atoms with Gasteiger partial charge in [-0.2, -0.15) is 13.2 Å². The molecule has 0 atom stereocenters. The lowest BCUT2D eigenvalue weighted by Crippen LogP contribution is -2.76. The topological polar surface area (TPSA) is 23.5 Å². The summed E-state index contributed by atoms with van der Waals surface area (Å²) in [5.41, 5.74) is -2.69. The highest BCUT2D eigenvalue weighted by Crippen LogP contribution is 2.82. The third kappa shape index (κ3) is 1.30. The summed E-state index contributed by atoms with van der Waals surface area (Å²) in [7, 11) is 1.98. The van der Waals surface area contributed by atoms with E-state index in [9.17, 15) is 18.3 Å². The first-order valence-corrected chi connectivity index (χ1v) is 6.20. The van der Waals surface area contributed by atoms with Gasteiger partial charge in [0.2, 0.25) is 0 Å². The average Bonchev–Trinajstić information content (AvgIpc) is 2.03. The van der Waals surface area contributed by atoms with Crippen molar-refractivity contribution in [3.8, 4) is 0 Å². The van der Waals surface area contributed by atoms with E-state index < -0.39 is 22.6 Å². The van der Waals surface area contributed by atoms with Gasteiger partial charge >= 0.3 is 6.18 Å². The van der Waals surface area contributed by atoms with Crippen LogP contribution in [0.4, 0.5) is 13.2 Å². The number of hydrogen-bond donors (Lipinski definition) is 1. The molecule has 0 amide bonds. The average molecular weight is 249 g/mol. The number of piperidine rings is 1. The number of hydrogen-bond acceptors (Lipinski definition) is 2. The molecule has 17 heavy (non-hydrogen) atoms. The molecule has 1 N–H and O–H groups in total. The number of halogens is 3. The van der Waals surface area contributed by atoms with Gasteiger partial charge in [0.05, 0.1) is 11.0 Å². The van der Waals surface area contributed by atoms with Crippen LogP contribution in [0.1, 0.15) is 32.1 Å². The Morgan fingerprint density at radius 3 is 1.94 bits per heavy atom. The van der Waals surface area contributed by atoms with E-state index in [0.29, 0.717) is 12.8 Å². The number of nitrogens with zero attached hydrogens (tertiary/aromatic N) is 1. The van der Waals surface area contributed by atoms with Crippen molar-refractivity contribution in [3.63, 3.8) is 0 Å². The third-order valence-corrected chi connectivity index (χ3v) is 5.43. The first-order chi connectivity index (χ1) is 7.72. The molecule has 4 aliphatic rings. The van der Waals surface area contributed by atoms with Crippen molar-refractivity contribution in [2.75, 3.05) is 20.1 Å². The van der Waals surface area contributed by atoms with E-state index in [0.717, 1.165) is 13.1 Å². The lowest BCUT2D eigenvalue weighted by Gasteiger charge is -2.76. The molecular weight excluding hydrogens is 231 g/mol. The lowest BCUT2D eigenvalue weighted by molar-refractivity contribution is -0.402. The van der Waals surface area contributed by atoms with Crippen molar-refractivity contribution in [3.05, 3.63) is 0 Å². The quantitative estimate of drug-likeness (QED) is 0.770. The Morgan fingerprint density at radius 2 is 1.53 bits per heavy atom. The summed E-state index contributed by atoms with van der Waals surface area (Å²) in [6.07, 6.45) is -2.36. The van der Waals surface area contributed by atoms with Gasteiger partial charge < -0.3 is 10.0 Å². The maximum absolute atomic E-state index is 12.8. The van der Waals surface area contributed by atoms with E-state index in [1.807, 2.05) is 7.05 Å². The largest absolute Gasteiger partial charge is 0.394 e. The summed E-state index contributed by atoms with van der Waals surface area (Å²) in [5, 5.41) is 10.6. The maximum atomic E-state index is 12.8. The molecule has 2 bridgehead atoms. The van der Waals surface area contributed by atoms with Crippen LogP contribution in [0, 0.1) is 10.8 Å². The Morgan fingerprint density at radius 1 is 1.06 bits per heavy atom. The Labute approximate surface area is 98.8 Å². The fourth-order valence-corrected chi connectivity index (χ4v) is 4.10. The minimum atomic E-state index is -4.07. The SMILES string of the molecule is CN1CCC(O)(C23CC(C(F)(F)F)(C2)C3)CC1. The smallest absolute Gasteiger partial charge is 0.389 e. The molecular formula is C12H18F3NO. The fraction of sp³-hybridized carbons (Fsp3) is 1.00. The van der Waals surface area contributed by atoms with Gasteiger partial charge in [-0.25, -0.2) is 0 Å². The van der Waals surface area contributed by atoms with E-state index in [1.54, 1.807) is 0 Å². The summed E-state index contributed by atoms with van der Waals surface area (Å²) in [6, 6.07) is 0. The van der Waals surface area contributed by atoms with Crippen LogP contribution in [0.25, 0.3) is 0 Å². The predicted octanol–water partition coefficient (Wildman–Crippen LogP) is 2.18. The Bertz CT molecular complexity index is 324. The molecule has 0 aromatic heterocycles. The third-order valence-electron chi connectivity index (χ3n) is 5.43. The van der Waals surface area contributed by atoms with Crippen LogP contribution in [0.15, 0.2) is 0 Å². The molecule has 4 rings (SSSR count). The van der Waals surface area contributed by atoms with Gasteiger partial charge in [0, 0.05) is 18.5 Å². The monoisotopic (exact) mass is 249 g/mol. The van der Waals surface area contributed by atoms with Crippen LogP contribution >= 0.6 is 0 Å². The van der Waals surface area contributed by atoms with Crippen molar-refractivity contribution >= 4 is 0 Å². The van der Waals surface area contributed by atoms with E-state index in [1.165, 1.54) is 0 Å². The van der Waals surface area contributed by atoms with Crippen molar-refractivity contribution in [2.24, 2.45) is 10.8 Å². The fourth-order valence-electron chi connectivity index (χ4n) is 4.10. The second-order valence-electron chi connectivity index (χ2n) is 6.42. The lowest BCUT2D eigenvalue weighted by atomic mass is 9.30. The van der Waals surface area contributed by atoms with Gasteiger partial charge in [0.1, 0.15) is 0 Å². The van der Waals surface area contributed by atoms with Gasteiger partial charge in [-0.15, -0.1) is 0 Å². The van der Waals surface area contributed by atoms with Crippen molar-refractivity contribution in [2.45, 2.75) is 43.9 Å². The Balaban J connectivity index is 1.70. The molecule has 3 saturated carbocycles. The van der Waals surface area contributed by atoms with E-state index in [4.69, 9.17) is 0 Å². The predicted molar refractivity (Wildman–Crippen MR) is 56.5 cm³/mol. The van der Waals surface area contributed by atoms with Gasteiger partial charge in [-0.3, -0.25) is 0 Å². The minimum Gasteiger partial charge on any atom is -0.389 e. The summed E-state index contributed by atoms with van der Waals surface area (Å²) < 4.78 is 38.3. The second-order valence-corrected chi connectivity index (χ2v) is 6.42. The molecule has 4 fully saturated rings. The highest BCUT2D eigenvalue weighted by atomic mass is 19.4. The molecule has 1 aliphatic heterocycles. The number of rotatable bonds is 1. The molecule has 98 valence electrons. The zero-order valence-electron chi connectivity index (χ0n) is 9.98. The van der Waals surface area contributed by atoms with Gasteiger partial charge in [0.25, 0.3) is 0 Å². The second kappa shape index (κ2) is 2.99. The Kier molecular flexibility index (Phi) is 2.07. The van der Waals surface area contributed by atoms with Crippen LogP contribution in [0.5, 0.6) is 0 Å². The molecule has 3 aliphatic carbocycles. The number of alkyl halides is 3. The number of likely N-dealkylation sites (tertiary alicyclic amines) is 1. The molecule has 1 saturated heterocycles. The first-order valence-electron chi connectivity index (χ1n) is 6.20. The zero-order valence-corrected chi connectivity index (χ0v) is 9.98. The highest BCUT2D eigenvalue weighted by Gasteiger charge is 2.82. The first kappa shape index (κ1) is 11.8. The van der Waals surface area contributed by atoms with Crippen molar-refractivity contribution in [1.29, 1.82) is 0 Å². The highest BCUT2D eigenvalue weighted by molar-refractivity contribution is 5.26. The standard InChI is InChI=1S/C12H18F3NO/c1-16-4-2-11(17,3-5-16)9-6-10(7-9,8-9)12(13,14)15/h17H,2-8H2,1H3. The number of aliphatic hydroxyl groups is 1. The van der Waals surface area contributed by atoms with E-state index in [2.05, 4.69) is 4.90 Å². The molecule has 0 spiro atoms. The van der Waals surface area contributed by atoms with Gasteiger partial charge in [-0.1, -0.05) is 0 Å². The van der Waals surface area contributed by atoms with Crippen LogP contribution in [0.2, 0.25) is 0 Å². The van der Waals surface area contributed by atoms with Crippen LogP contribution in [-0.2, 0) is 0 Å². The summed E-state index contributed by atoms with van der Waals surface area (Å²) in [4.78, 5) is 2.12. The van der Waals surface area contributed by atoms with Crippen molar-refractivity contribution in [1.82, 2.24) is 4.90 Å². The van der Waals surface area contributed by atoms with E-state index >= 15 is 0 Å². The molecule has 0 unspecified atom stereocenters. The molecule has 1 heterocycles. The summed E-state index contributed by atoms with van der Waals surface area (Å²) >= 11 is 0. The van der Waals surface area contributed by atoms with Crippen LogP contribution < -0.4 is 0 Å². The molecule has 5 heteroatoms. The van der Waals surface area contributed by atoms with Gasteiger partial charge in [-0.05, 0) is 39.2 Å². The zero-order chi connectivity index (χ0) is 12.5. The maximum Gasteiger partial charge on any atom is 0.394 e. The molecule has 0 aromatic rings. The molecule has 2 nitrogen and oxygen atoms in total. The minimum absolute atomic E-state index is 0.156. The van der Waals surface area contributed by atoms with Crippen LogP contribution in [-0.4, -0.2) is 41.9 Å². The Hall–Kier alpha value is -0.290. The normalized spacial score (nSPS) is 45.0. The summed E-state index contributed by atoms with van der Waals surface area (Å²) in [5.74, 6) is 0. The van der Waals surface area contributed by atoms with E-state index in [-0.39, 0.29) is 19.3 Å². The van der Waals surface area contributed by atoms with Gasteiger partial charge in [0.15, 0.2) is 0 Å².